The number of hydrazine groups is 1. The van der Waals surface area contributed by atoms with Crippen LogP contribution in [0.1, 0.15) is 35.6 Å². The van der Waals surface area contributed by atoms with Crippen molar-refractivity contribution in [2.75, 3.05) is 20.2 Å². The van der Waals surface area contributed by atoms with E-state index < -0.39 is 5.72 Å². The summed E-state index contributed by atoms with van der Waals surface area (Å²) < 4.78 is 12.6. The summed E-state index contributed by atoms with van der Waals surface area (Å²) in [6, 6.07) is 25.0. The molecular formula is C28H29ClN3O2+. The van der Waals surface area contributed by atoms with Crippen LogP contribution >= 0.6 is 11.6 Å². The summed E-state index contributed by atoms with van der Waals surface area (Å²) in [4.78, 5) is 1.59. The lowest BCUT2D eigenvalue weighted by molar-refractivity contribution is -0.921. The molecule has 0 saturated carbocycles. The van der Waals surface area contributed by atoms with E-state index in [-0.39, 0.29) is 6.04 Å². The highest BCUT2D eigenvalue weighted by atomic mass is 35.5. The van der Waals surface area contributed by atoms with E-state index >= 15 is 0 Å². The second-order valence-corrected chi connectivity index (χ2v) is 9.79. The van der Waals surface area contributed by atoms with Crippen LogP contribution in [0.15, 0.2) is 78.9 Å². The molecule has 174 valence electrons. The van der Waals surface area contributed by atoms with Gasteiger partial charge in [-0.25, -0.2) is 0 Å². The number of likely N-dealkylation sites (tertiary alicyclic amines) is 1. The third-order valence-electron chi connectivity index (χ3n) is 7.31. The highest BCUT2D eigenvalue weighted by Gasteiger charge is 2.53. The Kier molecular flexibility index (Phi) is 5.48. The molecule has 6 heteroatoms. The monoisotopic (exact) mass is 474 g/mol. The second-order valence-electron chi connectivity index (χ2n) is 9.35. The molecule has 3 aromatic rings. The topological polar surface area (TPSA) is 38.2 Å². The van der Waals surface area contributed by atoms with Crippen molar-refractivity contribution in [3.05, 3.63) is 101 Å². The average Bonchev–Trinajstić information content (AvgIpc) is 3.33. The van der Waals surface area contributed by atoms with Crippen LogP contribution in [0.2, 0.25) is 5.02 Å². The first kappa shape index (κ1) is 21.5. The molecule has 1 saturated heterocycles. The van der Waals surface area contributed by atoms with Crippen LogP contribution in [-0.4, -0.2) is 30.9 Å². The lowest BCUT2D eigenvalue weighted by Crippen LogP contribution is -3.12. The Balaban J connectivity index is 1.32. The van der Waals surface area contributed by atoms with Crippen molar-refractivity contribution in [2.45, 2.75) is 31.2 Å². The van der Waals surface area contributed by atoms with Gasteiger partial charge in [0.15, 0.2) is 17.2 Å². The van der Waals surface area contributed by atoms with Gasteiger partial charge < -0.3 is 19.8 Å². The van der Waals surface area contributed by atoms with Gasteiger partial charge in [0.25, 0.3) is 0 Å². The number of fused-ring (bicyclic) bond motifs is 4. The summed E-state index contributed by atoms with van der Waals surface area (Å²) in [5.41, 5.74) is 7.98. The van der Waals surface area contributed by atoms with Gasteiger partial charge in [0.1, 0.15) is 6.54 Å². The predicted molar refractivity (Wildman–Crippen MR) is 134 cm³/mol. The molecule has 1 unspecified atom stereocenters. The molecule has 3 aliphatic heterocycles. The highest BCUT2D eigenvalue weighted by Crippen LogP contribution is 2.50. The van der Waals surface area contributed by atoms with Crippen molar-refractivity contribution in [1.82, 2.24) is 10.4 Å². The molecule has 0 aromatic heterocycles. The van der Waals surface area contributed by atoms with E-state index in [4.69, 9.17) is 21.1 Å². The van der Waals surface area contributed by atoms with Gasteiger partial charge in [0.2, 0.25) is 0 Å². The summed E-state index contributed by atoms with van der Waals surface area (Å²) in [7, 11) is 1.71. The first-order chi connectivity index (χ1) is 16.6. The predicted octanol–water partition coefficient (Wildman–Crippen LogP) is 4.22. The maximum atomic E-state index is 6.87. The van der Waals surface area contributed by atoms with Crippen molar-refractivity contribution in [3.8, 4) is 11.5 Å². The fourth-order valence-electron chi connectivity index (χ4n) is 5.52. The number of methoxy groups -OCH3 is 1. The van der Waals surface area contributed by atoms with Gasteiger partial charge in [0, 0.05) is 16.1 Å². The fraction of sp³-hybridized carbons (Fsp3) is 0.286. The SMILES string of the molecule is COc1cccc2c1OC1(CC[NH+](Cc3ccccc3)CC1)N1NC(c3ccc(Cl)cc3)=CC21. The maximum absolute atomic E-state index is 6.87. The van der Waals surface area contributed by atoms with Gasteiger partial charge in [-0.05, 0) is 29.8 Å². The minimum Gasteiger partial charge on any atom is -0.493 e. The van der Waals surface area contributed by atoms with Gasteiger partial charge in [-0.2, -0.15) is 5.01 Å². The fourth-order valence-corrected chi connectivity index (χ4v) is 5.64. The van der Waals surface area contributed by atoms with Crippen molar-refractivity contribution in [2.24, 2.45) is 0 Å². The molecule has 0 aliphatic carbocycles. The van der Waals surface area contributed by atoms with E-state index in [0.29, 0.717) is 0 Å². The van der Waals surface area contributed by atoms with E-state index in [2.05, 4.69) is 65.0 Å². The zero-order valence-corrected chi connectivity index (χ0v) is 20.0. The van der Waals surface area contributed by atoms with E-state index in [9.17, 15) is 0 Å². The van der Waals surface area contributed by atoms with Crippen LogP contribution in [0.3, 0.4) is 0 Å². The lowest BCUT2D eigenvalue weighted by Gasteiger charge is -2.50. The number of hydrogen-bond donors (Lipinski definition) is 2. The van der Waals surface area contributed by atoms with Crippen molar-refractivity contribution in [1.29, 1.82) is 0 Å². The molecule has 0 radical (unpaired) electrons. The van der Waals surface area contributed by atoms with Gasteiger partial charge in [0.05, 0.1) is 44.8 Å². The largest absolute Gasteiger partial charge is 0.493 e. The Labute approximate surface area is 205 Å². The van der Waals surface area contributed by atoms with Crippen LogP contribution in [0, 0.1) is 0 Å². The number of ether oxygens (including phenoxy) is 2. The van der Waals surface area contributed by atoms with E-state index in [1.165, 1.54) is 5.56 Å². The van der Waals surface area contributed by atoms with Crippen molar-refractivity contribution < 1.29 is 14.4 Å². The quantitative estimate of drug-likeness (QED) is 0.594. The Morgan fingerprint density at radius 2 is 1.79 bits per heavy atom. The van der Waals surface area contributed by atoms with E-state index in [1.54, 1.807) is 12.0 Å². The molecule has 0 amide bonds. The average molecular weight is 475 g/mol. The molecule has 3 heterocycles. The Hall–Kier alpha value is -2.99. The smallest absolute Gasteiger partial charge is 0.191 e. The highest BCUT2D eigenvalue weighted by molar-refractivity contribution is 6.30. The molecule has 5 nitrogen and oxygen atoms in total. The Morgan fingerprint density at radius 1 is 1.03 bits per heavy atom. The standard InChI is InChI=1S/C28H28ClN3O2/c1-33-26-9-5-8-23-25-18-24(21-10-12-22(29)13-11-21)30-32(25)28(34-27(23)26)14-16-31(17-15-28)19-20-6-3-2-4-7-20/h2-13,18,25,30H,14-17,19H2,1H3/p+1. The number of nitrogens with one attached hydrogen (secondary N) is 2. The molecule has 0 bridgehead atoms. The number of hydrogen-bond acceptors (Lipinski definition) is 4. The molecule has 34 heavy (non-hydrogen) atoms. The molecule has 3 aliphatic rings. The number of benzene rings is 3. The molecular weight excluding hydrogens is 446 g/mol. The van der Waals surface area contributed by atoms with E-state index in [0.717, 1.165) is 65.8 Å². The molecule has 3 aromatic carbocycles. The summed E-state index contributed by atoms with van der Waals surface area (Å²) >= 11 is 6.14. The number of quaternary nitrogens is 1. The Morgan fingerprint density at radius 3 is 2.53 bits per heavy atom. The first-order valence-corrected chi connectivity index (χ1v) is 12.3. The maximum Gasteiger partial charge on any atom is 0.191 e. The molecule has 2 N–H and O–H groups in total. The van der Waals surface area contributed by atoms with Crippen LogP contribution in [0.25, 0.3) is 5.70 Å². The van der Waals surface area contributed by atoms with Crippen LogP contribution < -0.4 is 19.8 Å². The minimum atomic E-state index is -0.433. The summed E-state index contributed by atoms with van der Waals surface area (Å²) in [5, 5.41) is 3.07. The van der Waals surface area contributed by atoms with Crippen LogP contribution in [-0.2, 0) is 6.54 Å². The number of nitrogens with zero attached hydrogens (tertiary/aromatic N) is 1. The Bertz CT molecular complexity index is 1200. The van der Waals surface area contributed by atoms with Gasteiger partial charge in [-0.15, -0.1) is 0 Å². The number of halogens is 1. The molecule has 1 fully saturated rings. The molecule has 1 spiro atoms. The lowest BCUT2D eigenvalue weighted by atomic mass is 9.92. The summed E-state index contributed by atoms with van der Waals surface area (Å²) in [6.07, 6.45) is 4.16. The number of para-hydroxylation sites is 1. The van der Waals surface area contributed by atoms with E-state index in [1.807, 2.05) is 24.3 Å². The van der Waals surface area contributed by atoms with Gasteiger partial charge >= 0.3 is 0 Å². The van der Waals surface area contributed by atoms with Gasteiger partial charge in [-0.3, -0.25) is 0 Å². The van der Waals surface area contributed by atoms with Crippen LogP contribution in [0.5, 0.6) is 11.5 Å². The number of piperidine rings is 1. The van der Waals surface area contributed by atoms with Crippen molar-refractivity contribution >= 4 is 17.3 Å². The third kappa shape index (κ3) is 3.74. The van der Waals surface area contributed by atoms with Crippen LogP contribution in [0.4, 0.5) is 0 Å². The summed E-state index contributed by atoms with van der Waals surface area (Å²) in [5.74, 6) is 1.66. The molecule has 1 atom stereocenters. The first-order valence-electron chi connectivity index (χ1n) is 11.9. The minimum absolute atomic E-state index is 0.0696. The number of rotatable bonds is 4. The normalized spacial score (nSPS) is 25.6. The summed E-state index contributed by atoms with van der Waals surface area (Å²) in [6.45, 7) is 3.13. The van der Waals surface area contributed by atoms with Crippen molar-refractivity contribution in [3.63, 3.8) is 0 Å². The third-order valence-corrected chi connectivity index (χ3v) is 7.57. The second kappa shape index (κ2) is 8.66. The van der Waals surface area contributed by atoms with Gasteiger partial charge in [-0.1, -0.05) is 66.2 Å². The zero-order valence-electron chi connectivity index (χ0n) is 19.3. The zero-order chi connectivity index (χ0) is 23.1. The molecule has 6 rings (SSSR count).